The molecule has 114 valence electrons. The molecule has 4 heteroatoms. The molecule has 22 heavy (non-hydrogen) atoms. The summed E-state index contributed by atoms with van der Waals surface area (Å²) in [6, 6.07) is 9.92. The Morgan fingerprint density at radius 1 is 1.32 bits per heavy atom. The van der Waals surface area contributed by atoms with E-state index in [0.29, 0.717) is 18.1 Å². The lowest BCUT2D eigenvalue weighted by Crippen LogP contribution is -2.27. The van der Waals surface area contributed by atoms with E-state index in [0.717, 1.165) is 24.0 Å². The topological polar surface area (TPSA) is 30.7 Å². The van der Waals surface area contributed by atoms with E-state index in [-0.39, 0.29) is 11.5 Å². The average Bonchev–Trinajstić information content (AvgIpc) is 3.06. The van der Waals surface area contributed by atoms with Crippen LogP contribution < -0.4 is 0 Å². The van der Waals surface area contributed by atoms with Gasteiger partial charge in [-0.05, 0) is 29.4 Å². The zero-order valence-corrected chi connectivity index (χ0v) is 12.8. The van der Waals surface area contributed by atoms with Crippen molar-refractivity contribution < 1.29 is 4.39 Å². The number of fused-ring (bicyclic) bond motifs is 1. The fourth-order valence-electron chi connectivity index (χ4n) is 3.54. The molecule has 2 aromatic rings. The third kappa shape index (κ3) is 1.93. The molecule has 0 amide bonds. The van der Waals surface area contributed by atoms with Crippen LogP contribution in [0.25, 0.3) is 5.57 Å². The van der Waals surface area contributed by atoms with Crippen LogP contribution in [0, 0.1) is 5.41 Å². The predicted molar refractivity (Wildman–Crippen MR) is 84.1 cm³/mol. The molecule has 1 aliphatic carbocycles. The molecule has 1 saturated carbocycles. The minimum atomic E-state index is -1.05. The van der Waals surface area contributed by atoms with Gasteiger partial charge in [0.1, 0.15) is 0 Å². The molecule has 1 aromatic carbocycles. The molecule has 1 aromatic heterocycles. The second-order valence-corrected chi connectivity index (χ2v) is 6.76. The average molecular weight is 297 g/mol. The zero-order chi connectivity index (χ0) is 15.3. The molecule has 4 rings (SSSR count). The van der Waals surface area contributed by atoms with Gasteiger partial charge >= 0.3 is 0 Å². The van der Waals surface area contributed by atoms with E-state index >= 15 is 0 Å². The monoisotopic (exact) mass is 297 g/mol. The van der Waals surface area contributed by atoms with E-state index in [4.69, 9.17) is 0 Å². The largest absolute Gasteiger partial charge is 0.239 e. The van der Waals surface area contributed by atoms with Crippen LogP contribution in [0.4, 0.5) is 4.39 Å². The molecule has 2 atom stereocenters. The van der Waals surface area contributed by atoms with Crippen LogP contribution in [0.3, 0.4) is 0 Å². The van der Waals surface area contributed by atoms with Crippen molar-refractivity contribution in [3.8, 4) is 0 Å². The summed E-state index contributed by atoms with van der Waals surface area (Å²) >= 11 is 0. The maximum absolute atomic E-state index is 14.4. The van der Waals surface area contributed by atoms with Crippen molar-refractivity contribution in [2.45, 2.75) is 44.8 Å². The normalized spacial score (nSPS) is 25.5. The molecule has 0 N–H and O–H groups in total. The number of aromatic nitrogens is 3. The number of rotatable bonds is 3. The Bertz CT molecular complexity index is 715. The lowest BCUT2D eigenvalue weighted by molar-refractivity contribution is 0.247. The van der Waals surface area contributed by atoms with Gasteiger partial charge in [0.05, 0.1) is 6.04 Å². The number of alkyl halides is 1. The van der Waals surface area contributed by atoms with Gasteiger partial charge in [0.15, 0.2) is 17.8 Å². The number of allylic oxidation sites excluding steroid dienone is 1. The molecule has 0 bridgehead atoms. The van der Waals surface area contributed by atoms with Gasteiger partial charge in [-0.1, -0.05) is 50.3 Å². The Labute approximate surface area is 129 Å². The van der Waals surface area contributed by atoms with Gasteiger partial charge in [0.2, 0.25) is 0 Å². The first-order valence-corrected chi connectivity index (χ1v) is 7.94. The van der Waals surface area contributed by atoms with Crippen molar-refractivity contribution in [3.05, 3.63) is 54.1 Å². The first kappa shape index (κ1) is 13.7. The summed E-state index contributed by atoms with van der Waals surface area (Å²) in [7, 11) is 0. The lowest BCUT2D eigenvalue weighted by Gasteiger charge is -2.39. The van der Waals surface area contributed by atoms with Gasteiger partial charge in [0.25, 0.3) is 0 Å². The number of hydrogen-bond donors (Lipinski definition) is 0. The van der Waals surface area contributed by atoms with E-state index in [1.54, 1.807) is 4.68 Å². The van der Waals surface area contributed by atoms with Gasteiger partial charge in [-0.3, -0.25) is 0 Å². The van der Waals surface area contributed by atoms with E-state index < -0.39 is 6.17 Å². The van der Waals surface area contributed by atoms with Crippen molar-refractivity contribution in [1.29, 1.82) is 0 Å². The Hall–Kier alpha value is -1.97. The first-order chi connectivity index (χ1) is 10.6. The third-order valence-electron chi connectivity index (χ3n) is 5.30. The molecule has 0 spiro atoms. The minimum Gasteiger partial charge on any atom is -0.239 e. The highest BCUT2D eigenvalue weighted by Gasteiger charge is 2.40. The highest BCUT2D eigenvalue weighted by atomic mass is 19.1. The Morgan fingerprint density at radius 3 is 2.68 bits per heavy atom. The van der Waals surface area contributed by atoms with Gasteiger partial charge in [-0.25, -0.2) is 14.1 Å². The van der Waals surface area contributed by atoms with E-state index in [2.05, 4.69) is 23.6 Å². The number of hydrogen-bond acceptors (Lipinski definition) is 2. The molecule has 2 heterocycles. The molecule has 0 saturated heterocycles. The Morgan fingerprint density at radius 2 is 2.05 bits per heavy atom. The summed E-state index contributed by atoms with van der Waals surface area (Å²) in [6.07, 6.45) is 2.84. The summed E-state index contributed by atoms with van der Waals surface area (Å²) in [4.78, 5) is 4.47. The van der Waals surface area contributed by atoms with Crippen LogP contribution in [0.5, 0.6) is 0 Å². The van der Waals surface area contributed by atoms with Crippen molar-refractivity contribution in [3.63, 3.8) is 0 Å². The SMILES string of the molecule is C=C(c1nc2n(n1)C(c1ccccc1)CC2F)C1(C)CCC1. The highest BCUT2D eigenvalue weighted by molar-refractivity contribution is 5.63. The van der Waals surface area contributed by atoms with Crippen LogP contribution in [-0.4, -0.2) is 14.8 Å². The van der Waals surface area contributed by atoms with Crippen LogP contribution in [-0.2, 0) is 0 Å². The maximum Gasteiger partial charge on any atom is 0.177 e. The van der Waals surface area contributed by atoms with Gasteiger partial charge < -0.3 is 0 Å². The van der Waals surface area contributed by atoms with Crippen molar-refractivity contribution in [2.24, 2.45) is 5.41 Å². The molecule has 1 aliphatic heterocycles. The Balaban J connectivity index is 1.70. The fraction of sp³-hybridized carbons (Fsp3) is 0.444. The highest BCUT2D eigenvalue weighted by Crippen LogP contribution is 2.50. The molecular weight excluding hydrogens is 277 g/mol. The number of halogens is 1. The van der Waals surface area contributed by atoms with Crippen LogP contribution in [0.15, 0.2) is 36.9 Å². The molecule has 3 nitrogen and oxygen atoms in total. The third-order valence-corrected chi connectivity index (χ3v) is 5.30. The van der Waals surface area contributed by atoms with Crippen LogP contribution in [0.2, 0.25) is 0 Å². The summed E-state index contributed by atoms with van der Waals surface area (Å²) in [5.74, 6) is 1.08. The van der Waals surface area contributed by atoms with E-state index in [1.807, 2.05) is 30.3 Å². The van der Waals surface area contributed by atoms with E-state index in [1.165, 1.54) is 6.42 Å². The predicted octanol–water partition coefficient (Wildman–Crippen LogP) is 4.49. The minimum absolute atomic E-state index is 0.0607. The summed E-state index contributed by atoms with van der Waals surface area (Å²) in [5, 5.41) is 4.61. The van der Waals surface area contributed by atoms with Crippen molar-refractivity contribution >= 4 is 5.57 Å². The van der Waals surface area contributed by atoms with Crippen molar-refractivity contribution in [2.75, 3.05) is 0 Å². The first-order valence-electron chi connectivity index (χ1n) is 7.94. The second-order valence-electron chi connectivity index (χ2n) is 6.76. The van der Waals surface area contributed by atoms with Crippen molar-refractivity contribution in [1.82, 2.24) is 14.8 Å². The molecule has 1 fully saturated rings. The molecular formula is C18H20FN3. The quantitative estimate of drug-likeness (QED) is 0.836. The second kappa shape index (κ2) is 4.77. The lowest BCUT2D eigenvalue weighted by atomic mass is 9.66. The van der Waals surface area contributed by atoms with Gasteiger partial charge in [-0.15, -0.1) is 0 Å². The molecule has 2 aliphatic rings. The number of nitrogens with zero attached hydrogens (tertiary/aromatic N) is 3. The summed E-state index contributed by atoms with van der Waals surface area (Å²) < 4.78 is 16.1. The standard InChI is InChI=1S/C18H20FN3/c1-12(18(2)9-6-10-18)16-20-17-14(19)11-15(22(17)21-16)13-7-4-3-5-8-13/h3-5,7-8,14-15H,1,6,9-11H2,2H3. The van der Waals surface area contributed by atoms with Crippen LogP contribution >= 0.6 is 0 Å². The smallest absolute Gasteiger partial charge is 0.177 e. The van der Waals surface area contributed by atoms with E-state index in [9.17, 15) is 4.39 Å². The Kier molecular flexibility index (Phi) is 2.96. The zero-order valence-electron chi connectivity index (χ0n) is 12.8. The maximum atomic E-state index is 14.4. The fourth-order valence-corrected chi connectivity index (χ4v) is 3.54. The van der Waals surface area contributed by atoms with Gasteiger partial charge in [0, 0.05) is 6.42 Å². The summed E-state index contributed by atoms with van der Waals surface area (Å²) in [5.41, 5.74) is 2.14. The summed E-state index contributed by atoms with van der Waals surface area (Å²) in [6.45, 7) is 6.39. The molecule has 2 unspecified atom stereocenters. The number of benzene rings is 1. The molecule has 0 radical (unpaired) electrons. The van der Waals surface area contributed by atoms with Gasteiger partial charge in [-0.2, -0.15) is 5.10 Å². The van der Waals surface area contributed by atoms with Crippen LogP contribution in [0.1, 0.15) is 62.0 Å².